The first-order chi connectivity index (χ1) is 13.9. The van der Waals surface area contributed by atoms with Crippen LogP contribution in [-0.4, -0.2) is 27.9 Å². The van der Waals surface area contributed by atoms with Gasteiger partial charge >= 0.3 is 0 Å². The van der Waals surface area contributed by atoms with Crippen molar-refractivity contribution in [2.45, 2.75) is 66.3 Å². The summed E-state index contributed by atoms with van der Waals surface area (Å²) in [5, 5.41) is 9.43. The van der Waals surface area contributed by atoms with Crippen molar-refractivity contribution in [3.63, 3.8) is 0 Å². The van der Waals surface area contributed by atoms with E-state index >= 15 is 0 Å². The Hall–Kier alpha value is -2.33. The van der Waals surface area contributed by atoms with E-state index in [1.165, 1.54) is 27.8 Å². The zero-order valence-electron chi connectivity index (χ0n) is 18.5. The van der Waals surface area contributed by atoms with Crippen LogP contribution >= 0.6 is 0 Å². The van der Waals surface area contributed by atoms with Crippen molar-refractivity contribution in [3.05, 3.63) is 58.4 Å². The molecule has 0 aliphatic heterocycles. The number of benzene rings is 2. The molecule has 0 atom stereocenters. The van der Waals surface area contributed by atoms with Gasteiger partial charge < -0.3 is 14.4 Å². The summed E-state index contributed by atoms with van der Waals surface area (Å²) in [6.07, 6.45) is 2.58. The van der Waals surface area contributed by atoms with Gasteiger partial charge in [-0.25, -0.2) is 4.98 Å². The topological polar surface area (TPSA) is 47.3 Å². The monoisotopic (exact) mass is 394 g/mol. The second kappa shape index (κ2) is 9.45. The maximum absolute atomic E-state index is 9.43. The van der Waals surface area contributed by atoms with Crippen LogP contribution in [0.3, 0.4) is 0 Å². The Balaban J connectivity index is 1.65. The highest BCUT2D eigenvalue weighted by atomic mass is 16.5. The highest BCUT2D eigenvalue weighted by Crippen LogP contribution is 2.28. The Labute approximate surface area is 174 Å². The number of unbranched alkanes of at least 4 members (excludes halogenated alkanes) is 1. The SMILES string of the molecule is Cc1ccc(C(C)C)c(OCCCCn2c(CCO)nc3cc(C)c(C)cc32)c1. The zero-order valence-corrected chi connectivity index (χ0v) is 18.5. The Morgan fingerprint density at radius 3 is 2.52 bits per heavy atom. The van der Waals surface area contributed by atoms with Crippen molar-refractivity contribution in [1.29, 1.82) is 0 Å². The van der Waals surface area contributed by atoms with Gasteiger partial charge in [-0.15, -0.1) is 0 Å². The first-order valence-electron chi connectivity index (χ1n) is 10.7. The number of aliphatic hydroxyl groups excluding tert-OH is 1. The third-order valence-corrected chi connectivity index (χ3v) is 5.60. The third-order valence-electron chi connectivity index (χ3n) is 5.60. The predicted octanol–water partition coefficient (Wildman–Crippen LogP) is 5.48. The molecule has 1 heterocycles. The summed E-state index contributed by atoms with van der Waals surface area (Å²) >= 11 is 0. The van der Waals surface area contributed by atoms with Gasteiger partial charge in [-0.2, -0.15) is 0 Å². The number of ether oxygens (including phenoxy) is 1. The summed E-state index contributed by atoms with van der Waals surface area (Å²) in [5.41, 5.74) is 7.22. The van der Waals surface area contributed by atoms with E-state index in [-0.39, 0.29) is 6.61 Å². The molecule has 156 valence electrons. The molecule has 0 bridgehead atoms. The molecule has 1 aromatic heterocycles. The van der Waals surface area contributed by atoms with E-state index in [2.05, 4.69) is 69.5 Å². The van der Waals surface area contributed by atoms with Crippen molar-refractivity contribution in [3.8, 4) is 5.75 Å². The number of hydrogen-bond acceptors (Lipinski definition) is 3. The second-order valence-corrected chi connectivity index (χ2v) is 8.33. The molecule has 0 saturated carbocycles. The highest BCUT2D eigenvalue weighted by molar-refractivity contribution is 5.78. The van der Waals surface area contributed by atoms with Crippen LogP contribution in [0, 0.1) is 20.8 Å². The molecule has 3 aromatic rings. The lowest BCUT2D eigenvalue weighted by Gasteiger charge is -2.15. The van der Waals surface area contributed by atoms with Crippen molar-refractivity contribution in [1.82, 2.24) is 9.55 Å². The van der Waals surface area contributed by atoms with Crippen molar-refractivity contribution in [2.24, 2.45) is 0 Å². The van der Waals surface area contributed by atoms with Gasteiger partial charge in [0.15, 0.2) is 0 Å². The summed E-state index contributed by atoms with van der Waals surface area (Å²) in [5.74, 6) is 2.44. The minimum atomic E-state index is 0.121. The normalized spacial score (nSPS) is 11.6. The van der Waals surface area contributed by atoms with Gasteiger partial charge in [0.1, 0.15) is 11.6 Å². The standard InChI is InChI=1S/C25H34N2O2/c1-17(2)21-9-8-18(3)14-24(21)29-13-7-6-11-27-23-16-20(5)19(4)15-22(23)26-25(27)10-12-28/h8-9,14-17,28H,6-7,10-13H2,1-5H3. The van der Waals surface area contributed by atoms with Crippen LogP contribution in [0.2, 0.25) is 0 Å². The number of aromatic nitrogens is 2. The first-order valence-corrected chi connectivity index (χ1v) is 10.7. The molecule has 4 heteroatoms. The Morgan fingerprint density at radius 2 is 1.79 bits per heavy atom. The summed E-state index contributed by atoms with van der Waals surface area (Å²) in [4.78, 5) is 4.76. The number of nitrogens with zero attached hydrogens (tertiary/aromatic N) is 2. The van der Waals surface area contributed by atoms with Gasteiger partial charge in [0.25, 0.3) is 0 Å². The van der Waals surface area contributed by atoms with Crippen LogP contribution in [0.4, 0.5) is 0 Å². The molecule has 0 spiro atoms. The fraction of sp³-hybridized carbons (Fsp3) is 0.480. The van der Waals surface area contributed by atoms with E-state index in [1.54, 1.807) is 0 Å². The van der Waals surface area contributed by atoms with Crippen molar-refractivity contribution < 1.29 is 9.84 Å². The van der Waals surface area contributed by atoms with Crippen LogP contribution in [0.25, 0.3) is 11.0 Å². The molecule has 0 radical (unpaired) electrons. The highest BCUT2D eigenvalue weighted by Gasteiger charge is 2.12. The molecule has 0 aliphatic carbocycles. The molecule has 0 amide bonds. The van der Waals surface area contributed by atoms with E-state index < -0.39 is 0 Å². The van der Waals surface area contributed by atoms with E-state index in [1.807, 2.05) is 0 Å². The van der Waals surface area contributed by atoms with Crippen molar-refractivity contribution >= 4 is 11.0 Å². The molecule has 2 aromatic carbocycles. The summed E-state index contributed by atoms with van der Waals surface area (Å²) < 4.78 is 8.40. The first kappa shape index (κ1) is 21.4. The fourth-order valence-electron chi connectivity index (χ4n) is 3.77. The number of imidazole rings is 1. The van der Waals surface area contributed by atoms with Crippen LogP contribution in [0.5, 0.6) is 5.75 Å². The fourth-order valence-corrected chi connectivity index (χ4v) is 3.77. The largest absolute Gasteiger partial charge is 0.493 e. The summed E-state index contributed by atoms with van der Waals surface area (Å²) in [6, 6.07) is 10.8. The minimum Gasteiger partial charge on any atom is -0.493 e. The average Bonchev–Trinajstić information content (AvgIpc) is 2.98. The number of aliphatic hydroxyl groups is 1. The zero-order chi connectivity index (χ0) is 21.0. The lowest BCUT2D eigenvalue weighted by molar-refractivity contribution is 0.291. The molecule has 0 fully saturated rings. The van der Waals surface area contributed by atoms with Gasteiger partial charge in [0.2, 0.25) is 0 Å². The summed E-state index contributed by atoms with van der Waals surface area (Å²) in [6.45, 7) is 12.5. The maximum atomic E-state index is 9.43. The van der Waals surface area contributed by atoms with E-state index in [0.717, 1.165) is 36.5 Å². The Bertz CT molecular complexity index is 973. The summed E-state index contributed by atoms with van der Waals surface area (Å²) in [7, 11) is 0. The molecule has 3 rings (SSSR count). The van der Waals surface area contributed by atoms with Crippen LogP contribution in [-0.2, 0) is 13.0 Å². The van der Waals surface area contributed by atoms with E-state index in [4.69, 9.17) is 9.72 Å². The average molecular weight is 395 g/mol. The number of hydrogen-bond donors (Lipinski definition) is 1. The molecule has 1 N–H and O–H groups in total. The van der Waals surface area contributed by atoms with Crippen LogP contribution in [0.1, 0.15) is 60.7 Å². The quantitative estimate of drug-likeness (QED) is 0.489. The Kier molecular flexibility index (Phi) is 6.96. The molecule has 0 unspecified atom stereocenters. The van der Waals surface area contributed by atoms with Gasteiger partial charge in [-0.1, -0.05) is 26.0 Å². The number of rotatable bonds is 9. The molecule has 29 heavy (non-hydrogen) atoms. The smallest absolute Gasteiger partial charge is 0.122 e. The lowest BCUT2D eigenvalue weighted by atomic mass is 10.0. The predicted molar refractivity (Wildman–Crippen MR) is 120 cm³/mol. The van der Waals surface area contributed by atoms with E-state index in [0.29, 0.717) is 18.9 Å². The van der Waals surface area contributed by atoms with Gasteiger partial charge in [-0.05, 0) is 80.0 Å². The molecule has 0 aliphatic rings. The third kappa shape index (κ3) is 4.99. The number of aryl methyl sites for hydroxylation is 4. The Morgan fingerprint density at radius 1 is 1.03 bits per heavy atom. The van der Waals surface area contributed by atoms with Crippen LogP contribution < -0.4 is 4.74 Å². The number of fused-ring (bicyclic) bond motifs is 1. The minimum absolute atomic E-state index is 0.121. The molecule has 4 nitrogen and oxygen atoms in total. The lowest BCUT2D eigenvalue weighted by Crippen LogP contribution is -2.08. The van der Waals surface area contributed by atoms with Gasteiger partial charge in [0.05, 0.1) is 24.2 Å². The van der Waals surface area contributed by atoms with E-state index in [9.17, 15) is 5.11 Å². The van der Waals surface area contributed by atoms with Crippen LogP contribution in [0.15, 0.2) is 30.3 Å². The van der Waals surface area contributed by atoms with Gasteiger partial charge in [0, 0.05) is 13.0 Å². The second-order valence-electron chi connectivity index (χ2n) is 8.33. The van der Waals surface area contributed by atoms with Gasteiger partial charge in [-0.3, -0.25) is 0 Å². The van der Waals surface area contributed by atoms with Crippen molar-refractivity contribution in [2.75, 3.05) is 13.2 Å². The maximum Gasteiger partial charge on any atom is 0.122 e. The molecular formula is C25H34N2O2. The molecule has 0 saturated heterocycles. The molecular weight excluding hydrogens is 360 g/mol.